The molecule has 4 aromatic rings. The molecule has 1 aliphatic heterocycles. The maximum atomic E-state index is 10.0. The molecule has 2 N–H and O–H groups in total. The van der Waals surface area contributed by atoms with Crippen LogP contribution in [0.1, 0.15) is 78.8 Å². The van der Waals surface area contributed by atoms with Gasteiger partial charge in [-0.25, -0.2) is 14.6 Å². The van der Waals surface area contributed by atoms with E-state index in [2.05, 4.69) is 34.8 Å². The van der Waals surface area contributed by atoms with Crippen molar-refractivity contribution in [2.75, 3.05) is 38.3 Å². The normalized spacial score (nSPS) is 23.3. The summed E-state index contributed by atoms with van der Waals surface area (Å²) in [5.74, 6) is 2.25. The topological polar surface area (TPSA) is 126 Å². The van der Waals surface area contributed by atoms with Crippen LogP contribution in [-0.2, 0) is 18.3 Å². The molecule has 3 aliphatic rings. The maximum absolute atomic E-state index is 10.0. The van der Waals surface area contributed by atoms with E-state index in [0.29, 0.717) is 28.1 Å². The van der Waals surface area contributed by atoms with Gasteiger partial charge in [0.2, 0.25) is 0 Å². The number of likely N-dealkylation sites (N-methyl/N-ethyl adjacent to an activating group) is 1. The summed E-state index contributed by atoms with van der Waals surface area (Å²) in [6.45, 7) is 3.34. The van der Waals surface area contributed by atoms with Crippen LogP contribution in [-0.4, -0.2) is 63.5 Å². The van der Waals surface area contributed by atoms with Crippen molar-refractivity contribution in [3.8, 4) is 17.6 Å². The van der Waals surface area contributed by atoms with Crippen molar-refractivity contribution < 1.29 is 4.52 Å². The molecule has 1 spiro atoms. The van der Waals surface area contributed by atoms with Crippen LogP contribution in [0.25, 0.3) is 22.6 Å². The number of nitriles is 1. The number of nitrogens with zero attached hydrogens (tertiary/aromatic N) is 8. The van der Waals surface area contributed by atoms with Gasteiger partial charge < -0.3 is 20.1 Å². The van der Waals surface area contributed by atoms with E-state index >= 15 is 0 Å². The average Bonchev–Trinajstić information content (AvgIpc) is 3.72. The monoisotopic (exact) mass is 557 g/mol. The van der Waals surface area contributed by atoms with Crippen molar-refractivity contribution in [2.24, 2.45) is 0 Å². The van der Waals surface area contributed by atoms with E-state index in [9.17, 15) is 5.26 Å². The molecule has 3 atom stereocenters. The van der Waals surface area contributed by atoms with Crippen molar-refractivity contribution in [3.05, 3.63) is 33.5 Å². The zero-order valence-corrected chi connectivity index (χ0v) is 24.4. The Hall–Kier alpha value is -3.49. The molecule has 40 heavy (non-hydrogen) atoms. The fourth-order valence-electron chi connectivity index (χ4n) is 7.58. The second-order valence-corrected chi connectivity index (χ2v) is 13.0. The first-order chi connectivity index (χ1) is 19.3. The fourth-order valence-corrected chi connectivity index (χ4v) is 8.74. The highest BCUT2D eigenvalue weighted by atomic mass is 32.1. The molecule has 1 fully saturated rings. The number of nitrogen functional groups attached to an aromatic ring is 1. The van der Waals surface area contributed by atoms with Gasteiger partial charge in [0, 0.05) is 30.6 Å². The zero-order chi connectivity index (χ0) is 27.8. The number of likely N-dealkylation sites (tertiary alicyclic amines) is 1. The van der Waals surface area contributed by atoms with Gasteiger partial charge in [0.25, 0.3) is 0 Å². The van der Waals surface area contributed by atoms with Gasteiger partial charge in [-0.1, -0.05) is 5.16 Å². The third-order valence-corrected chi connectivity index (χ3v) is 10.5. The molecule has 1 saturated heterocycles. The van der Waals surface area contributed by atoms with Crippen LogP contribution in [0.2, 0.25) is 0 Å². The Morgan fingerprint density at radius 1 is 1.23 bits per heavy atom. The molecular weight excluding hydrogens is 522 g/mol. The van der Waals surface area contributed by atoms with Gasteiger partial charge in [-0.3, -0.25) is 0 Å². The van der Waals surface area contributed by atoms with E-state index < -0.39 is 0 Å². The molecule has 5 heterocycles. The summed E-state index contributed by atoms with van der Waals surface area (Å²) >= 11 is 1.56. The Bertz CT molecular complexity index is 1660. The Labute approximate surface area is 237 Å². The lowest BCUT2D eigenvalue weighted by Crippen LogP contribution is -2.35. The number of fused-ring (bicyclic) bond motifs is 5. The molecule has 2 aliphatic carbocycles. The number of hydrogen-bond acceptors (Lipinski definition) is 10. The van der Waals surface area contributed by atoms with E-state index in [-0.39, 0.29) is 11.5 Å². The first-order valence-corrected chi connectivity index (χ1v) is 15.1. The molecule has 7 rings (SSSR count). The van der Waals surface area contributed by atoms with Gasteiger partial charge in [-0.15, -0.1) is 11.3 Å². The molecule has 0 amide bonds. The molecule has 0 bridgehead atoms. The van der Waals surface area contributed by atoms with Crippen LogP contribution in [0.3, 0.4) is 0 Å². The van der Waals surface area contributed by atoms with Crippen molar-refractivity contribution in [1.29, 1.82) is 5.26 Å². The van der Waals surface area contributed by atoms with Crippen LogP contribution in [0, 0.1) is 11.3 Å². The molecular formula is C29H35N9OS. The molecule has 10 nitrogen and oxygen atoms in total. The number of aromatic nitrogens is 5. The quantitative estimate of drug-likeness (QED) is 0.381. The summed E-state index contributed by atoms with van der Waals surface area (Å²) in [4.78, 5) is 15.8. The zero-order valence-electron chi connectivity index (χ0n) is 23.6. The molecule has 4 aromatic heterocycles. The predicted molar refractivity (Wildman–Crippen MR) is 156 cm³/mol. The Balaban J connectivity index is 1.39. The van der Waals surface area contributed by atoms with Crippen LogP contribution < -0.4 is 10.6 Å². The van der Waals surface area contributed by atoms with Crippen LogP contribution in [0.15, 0.2) is 10.7 Å². The molecule has 0 aromatic carbocycles. The highest BCUT2D eigenvalue weighted by Crippen LogP contribution is 2.55. The molecule has 3 unspecified atom stereocenters. The van der Waals surface area contributed by atoms with Crippen molar-refractivity contribution >= 4 is 33.2 Å². The Kier molecular flexibility index (Phi) is 5.91. The minimum absolute atomic E-state index is 0.173. The lowest BCUT2D eigenvalue weighted by molar-refractivity contribution is 0.232. The van der Waals surface area contributed by atoms with E-state index in [1.54, 1.807) is 11.3 Å². The van der Waals surface area contributed by atoms with Crippen molar-refractivity contribution in [2.45, 2.75) is 75.8 Å². The standard InChI is InChI=1S/C29H35N9OS/c1-16(20-9-7-13-37(20)4)38-28-19(15-32-38)27(36(2)3)33-26(34-28)23-17-8-5-11-29(24(17)39-35-23)12-6-10-21-22(29)18(14-30)25(31)40-21/h15-16,20H,5-13,31H2,1-4H3. The summed E-state index contributed by atoms with van der Waals surface area (Å²) < 4.78 is 8.31. The number of rotatable bonds is 4. The Morgan fingerprint density at radius 2 is 2.02 bits per heavy atom. The number of anilines is 2. The van der Waals surface area contributed by atoms with Crippen LogP contribution in [0.5, 0.6) is 0 Å². The summed E-state index contributed by atoms with van der Waals surface area (Å²) in [5.41, 5.74) is 10.2. The maximum Gasteiger partial charge on any atom is 0.186 e. The van der Waals surface area contributed by atoms with E-state index in [1.807, 2.05) is 25.2 Å². The third kappa shape index (κ3) is 3.55. The van der Waals surface area contributed by atoms with Gasteiger partial charge in [-0.2, -0.15) is 10.4 Å². The minimum atomic E-state index is -0.372. The highest BCUT2D eigenvalue weighted by Gasteiger charge is 2.49. The fraction of sp³-hybridized carbons (Fsp3) is 0.552. The number of aryl methyl sites for hydroxylation is 1. The minimum Gasteiger partial charge on any atom is -0.389 e. The summed E-state index contributed by atoms with van der Waals surface area (Å²) in [6.07, 6.45) is 9.90. The van der Waals surface area contributed by atoms with Gasteiger partial charge in [0.05, 0.1) is 28.6 Å². The molecule has 0 radical (unpaired) electrons. The van der Waals surface area contributed by atoms with Gasteiger partial charge in [0.1, 0.15) is 16.9 Å². The van der Waals surface area contributed by atoms with E-state index in [0.717, 1.165) is 85.2 Å². The number of hydrogen-bond donors (Lipinski definition) is 1. The van der Waals surface area contributed by atoms with Gasteiger partial charge in [0.15, 0.2) is 22.9 Å². The molecule has 0 saturated carbocycles. The smallest absolute Gasteiger partial charge is 0.186 e. The second-order valence-electron chi connectivity index (χ2n) is 11.9. The SMILES string of the molecule is CC(C1CCCN1C)n1ncc2c(N(C)C)nc(-c3noc4c3CCCC43CCCc4sc(N)c(C#N)c43)nc21. The van der Waals surface area contributed by atoms with Crippen LogP contribution in [0.4, 0.5) is 10.8 Å². The predicted octanol–water partition coefficient (Wildman–Crippen LogP) is 4.68. The van der Waals surface area contributed by atoms with Crippen molar-refractivity contribution in [1.82, 2.24) is 29.8 Å². The number of thiophene rings is 1. The summed E-state index contributed by atoms with van der Waals surface area (Å²) in [5, 5.41) is 21.0. The highest BCUT2D eigenvalue weighted by molar-refractivity contribution is 7.16. The summed E-state index contributed by atoms with van der Waals surface area (Å²) in [7, 11) is 6.19. The first kappa shape index (κ1) is 25.5. The van der Waals surface area contributed by atoms with Crippen molar-refractivity contribution in [3.63, 3.8) is 0 Å². The Morgan fingerprint density at radius 3 is 2.75 bits per heavy atom. The second kappa shape index (κ2) is 9.28. The van der Waals surface area contributed by atoms with Gasteiger partial charge in [-0.05, 0) is 77.4 Å². The molecule has 11 heteroatoms. The van der Waals surface area contributed by atoms with Gasteiger partial charge >= 0.3 is 0 Å². The van der Waals surface area contributed by atoms with Crippen LogP contribution >= 0.6 is 11.3 Å². The number of nitrogens with two attached hydrogens (primary N) is 1. The first-order valence-electron chi connectivity index (χ1n) is 14.3. The van der Waals surface area contributed by atoms with E-state index in [4.69, 9.17) is 25.3 Å². The lowest BCUT2D eigenvalue weighted by atomic mass is 9.63. The average molecular weight is 558 g/mol. The lowest BCUT2D eigenvalue weighted by Gasteiger charge is -2.39. The largest absolute Gasteiger partial charge is 0.389 e. The summed E-state index contributed by atoms with van der Waals surface area (Å²) in [6, 6.07) is 2.99. The van der Waals surface area contributed by atoms with E-state index in [1.165, 1.54) is 11.3 Å². The third-order valence-electron chi connectivity index (χ3n) is 9.45. The molecule has 208 valence electrons.